The first kappa shape index (κ1) is 25.1. The first-order chi connectivity index (χ1) is 18.0. The number of pyridine rings is 1. The van der Waals surface area contributed by atoms with Crippen molar-refractivity contribution in [2.24, 2.45) is 0 Å². The number of nitrogens with one attached hydrogen (secondary N) is 2. The molecule has 1 aromatic heterocycles. The molecule has 0 radical (unpaired) electrons. The Morgan fingerprint density at radius 2 is 1.84 bits per heavy atom. The van der Waals surface area contributed by atoms with Crippen molar-refractivity contribution < 1.29 is 23.8 Å². The molecule has 1 aromatic carbocycles. The van der Waals surface area contributed by atoms with Crippen molar-refractivity contribution in [3.05, 3.63) is 47.5 Å². The topological polar surface area (TPSA) is 108 Å². The van der Waals surface area contributed by atoms with Crippen LogP contribution in [0.1, 0.15) is 29.9 Å². The van der Waals surface area contributed by atoms with E-state index < -0.39 is 5.54 Å². The van der Waals surface area contributed by atoms with Crippen molar-refractivity contribution in [3.63, 3.8) is 0 Å². The second kappa shape index (κ2) is 10.4. The highest BCUT2D eigenvalue weighted by atomic mass is 16.5. The highest BCUT2D eigenvalue weighted by Gasteiger charge is 2.52. The number of ether oxygens (including phenoxy) is 3. The zero-order valence-electron chi connectivity index (χ0n) is 21.5. The lowest BCUT2D eigenvalue weighted by Crippen LogP contribution is -2.55. The van der Waals surface area contributed by atoms with Gasteiger partial charge in [0.15, 0.2) is 0 Å². The van der Waals surface area contributed by atoms with Crippen LogP contribution in [-0.4, -0.2) is 86.5 Å². The smallest absolute Gasteiger partial charge is 0.409 e. The molecule has 3 aliphatic heterocycles. The highest BCUT2D eigenvalue weighted by molar-refractivity contribution is 5.94. The first-order valence-corrected chi connectivity index (χ1v) is 12.5. The van der Waals surface area contributed by atoms with Gasteiger partial charge >= 0.3 is 12.1 Å². The molecule has 3 aliphatic rings. The summed E-state index contributed by atoms with van der Waals surface area (Å²) in [6.45, 7) is 3.51. The summed E-state index contributed by atoms with van der Waals surface area (Å²) in [5.41, 5.74) is 7.82. The molecule has 3 amide bonds. The van der Waals surface area contributed by atoms with Crippen LogP contribution in [0, 0.1) is 0 Å². The van der Waals surface area contributed by atoms with Gasteiger partial charge < -0.3 is 24.0 Å². The maximum Gasteiger partial charge on any atom is 0.409 e. The SMILES string of the molecule is COC(=O)N1CCC2(CC1)CN(c1ccc(C3CNNC3)c(OC)n1)C(=O)N2Cc1cccc(OC)c1. The quantitative estimate of drug-likeness (QED) is 0.610. The summed E-state index contributed by atoms with van der Waals surface area (Å²) >= 11 is 0. The molecular weight excluding hydrogens is 476 g/mol. The van der Waals surface area contributed by atoms with Gasteiger partial charge in [0.1, 0.15) is 11.6 Å². The molecule has 5 rings (SSSR count). The largest absolute Gasteiger partial charge is 0.497 e. The fourth-order valence-corrected chi connectivity index (χ4v) is 5.58. The van der Waals surface area contributed by atoms with Gasteiger partial charge in [-0.1, -0.05) is 12.1 Å². The molecule has 3 fully saturated rings. The van der Waals surface area contributed by atoms with Crippen molar-refractivity contribution in [3.8, 4) is 11.6 Å². The number of carbonyl (C=O) groups excluding carboxylic acids is 2. The predicted octanol–water partition coefficient (Wildman–Crippen LogP) is 2.33. The van der Waals surface area contributed by atoms with Gasteiger partial charge in [-0.25, -0.2) is 9.59 Å². The van der Waals surface area contributed by atoms with E-state index in [9.17, 15) is 9.59 Å². The fraction of sp³-hybridized carbons (Fsp3) is 0.500. The normalized spacial score (nSPS) is 19.5. The maximum absolute atomic E-state index is 14.0. The van der Waals surface area contributed by atoms with Gasteiger partial charge in [-0.3, -0.25) is 15.8 Å². The van der Waals surface area contributed by atoms with E-state index in [1.807, 2.05) is 41.3 Å². The van der Waals surface area contributed by atoms with E-state index in [-0.39, 0.29) is 18.0 Å². The molecular formula is C26H34N6O5. The van der Waals surface area contributed by atoms with Gasteiger partial charge in [-0.05, 0) is 42.7 Å². The molecule has 0 aliphatic carbocycles. The van der Waals surface area contributed by atoms with Crippen LogP contribution in [0.5, 0.6) is 11.6 Å². The van der Waals surface area contributed by atoms with Crippen LogP contribution < -0.4 is 25.2 Å². The molecule has 37 heavy (non-hydrogen) atoms. The Labute approximate surface area is 216 Å². The fourth-order valence-electron chi connectivity index (χ4n) is 5.58. The van der Waals surface area contributed by atoms with E-state index >= 15 is 0 Å². The van der Waals surface area contributed by atoms with Crippen LogP contribution in [0.2, 0.25) is 0 Å². The van der Waals surface area contributed by atoms with Gasteiger partial charge in [-0.15, -0.1) is 0 Å². The number of methoxy groups -OCH3 is 3. The zero-order chi connectivity index (χ0) is 26.0. The summed E-state index contributed by atoms with van der Waals surface area (Å²) in [7, 11) is 4.63. The number of amides is 3. The summed E-state index contributed by atoms with van der Waals surface area (Å²) in [6.07, 6.45) is 0.944. The molecule has 11 nitrogen and oxygen atoms in total. The first-order valence-electron chi connectivity index (χ1n) is 12.5. The summed E-state index contributed by atoms with van der Waals surface area (Å²) < 4.78 is 16.0. The minimum absolute atomic E-state index is 0.110. The number of benzene rings is 1. The summed E-state index contributed by atoms with van der Waals surface area (Å²) in [5, 5.41) is 0. The van der Waals surface area contributed by atoms with E-state index in [0.717, 1.165) is 30.0 Å². The molecule has 2 aromatic rings. The van der Waals surface area contributed by atoms with E-state index in [1.165, 1.54) is 7.11 Å². The molecule has 4 heterocycles. The molecule has 0 saturated carbocycles. The Morgan fingerprint density at radius 1 is 1.08 bits per heavy atom. The van der Waals surface area contributed by atoms with Crippen molar-refractivity contribution >= 4 is 17.9 Å². The average Bonchev–Trinajstić information content (AvgIpc) is 3.56. The van der Waals surface area contributed by atoms with Crippen molar-refractivity contribution in [2.75, 3.05) is 59.0 Å². The number of likely N-dealkylation sites (tertiary alicyclic amines) is 1. The van der Waals surface area contributed by atoms with Crippen LogP contribution in [-0.2, 0) is 11.3 Å². The van der Waals surface area contributed by atoms with Crippen molar-refractivity contribution in [2.45, 2.75) is 30.8 Å². The number of carbonyl (C=O) groups is 2. The van der Waals surface area contributed by atoms with E-state index in [0.29, 0.717) is 50.7 Å². The van der Waals surface area contributed by atoms with Crippen LogP contribution in [0.15, 0.2) is 36.4 Å². The number of piperidine rings is 1. The third-order valence-corrected chi connectivity index (χ3v) is 7.70. The summed E-state index contributed by atoms with van der Waals surface area (Å²) in [5.74, 6) is 2.08. The molecule has 3 saturated heterocycles. The monoisotopic (exact) mass is 510 g/mol. The Kier molecular flexibility index (Phi) is 7.07. The van der Waals surface area contributed by atoms with Gasteiger partial charge in [0.25, 0.3) is 0 Å². The number of rotatable bonds is 6. The summed E-state index contributed by atoms with van der Waals surface area (Å²) in [6, 6.07) is 11.6. The number of hydrogen-bond donors (Lipinski definition) is 2. The van der Waals surface area contributed by atoms with Gasteiger partial charge in [0.05, 0.1) is 33.4 Å². The van der Waals surface area contributed by atoms with Gasteiger partial charge in [0, 0.05) is 44.2 Å². The molecule has 2 N–H and O–H groups in total. The van der Waals surface area contributed by atoms with Crippen LogP contribution >= 0.6 is 0 Å². The molecule has 1 spiro atoms. The second-order valence-electron chi connectivity index (χ2n) is 9.71. The highest BCUT2D eigenvalue weighted by Crippen LogP contribution is 2.40. The summed E-state index contributed by atoms with van der Waals surface area (Å²) in [4.78, 5) is 36.2. The van der Waals surface area contributed by atoms with E-state index in [4.69, 9.17) is 19.2 Å². The molecule has 0 atom stereocenters. The third-order valence-electron chi connectivity index (χ3n) is 7.70. The molecule has 0 unspecified atom stereocenters. The Balaban J connectivity index is 1.45. The second-order valence-corrected chi connectivity index (χ2v) is 9.71. The Morgan fingerprint density at radius 3 is 2.51 bits per heavy atom. The van der Waals surface area contributed by atoms with Crippen LogP contribution in [0.25, 0.3) is 0 Å². The molecule has 0 bridgehead atoms. The standard InChI is InChI=1S/C26H34N6O5/c1-35-20-6-4-5-18(13-20)16-32-24(33)31(17-26(32)9-11-30(12-10-26)25(34)37-3)22-8-7-21(23(29-22)36-2)19-14-27-28-15-19/h4-8,13,19,27-28H,9-12,14-17H2,1-3H3. The number of hydrazine groups is 1. The number of urea groups is 1. The predicted molar refractivity (Wildman–Crippen MR) is 137 cm³/mol. The lowest BCUT2D eigenvalue weighted by atomic mass is 9.86. The minimum Gasteiger partial charge on any atom is -0.497 e. The van der Waals surface area contributed by atoms with Crippen LogP contribution in [0.3, 0.4) is 0 Å². The minimum atomic E-state index is -0.447. The van der Waals surface area contributed by atoms with E-state index in [1.54, 1.807) is 24.0 Å². The average molecular weight is 511 g/mol. The van der Waals surface area contributed by atoms with Crippen molar-refractivity contribution in [1.29, 1.82) is 0 Å². The van der Waals surface area contributed by atoms with Crippen LogP contribution in [0.4, 0.5) is 15.4 Å². The van der Waals surface area contributed by atoms with Crippen molar-refractivity contribution in [1.82, 2.24) is 25.6 Å². The Hall–Kier alpha value is -3.57. The third kappa shape index (κ3) is 4.76. The van der Waals surface area contributed by atoms with Gasteiger partial charge in [-0.2, -0.15) is 4.98 Å². The van der Waals surface area contributed by atoms with Gasteiger partial charge in [0.2, 0.25) is 5.88 Å². The number of nitrogens with zero attached hydrogens (tertiary/aromatic N) is 4. The maximum atomic E-state index is 14.0. The van der Waals surface area contributed by atoms with E-state index in [2.05, 4.69) is 10.9 Å². The molecule has 198 valence electrons. The number of aromatic nitrogens is 1. The molecule has 11 heteroatoms. The number of anilines is 1. The number of hydrogen-bond acceptors (Lipinski definition) is 8. The lowest BCUT2D eigenvalue weighted by molar-refractivity contribution is 0.0615. The Bertz CT molecular complexity index is 1150. The lowest BCUT2D eigenvalue weighted by Gasteiger charge is -2.43. The zero-order valence-corrected chi connectivity index (χ0v) is 21.5.